The van der Waals surface area contributed by atoms with Gasteiger partial charge in [-0.3, -0.25) is 14.4 Å². The zero-order chi connectivity index (χ0) is 45.6. The minimum atomic E-state index is -1.21. The molecule has 15 heteroatoms. The number of aromatic carboxylic acids is 1. The molecule has 4 aromatic rings. The summed E-state index contributed by atoms with van der Waals surface area (Å²) in [4.78, 5) is 44.3. The summed E-state index contributed by atoms with van der Waals surface area (Å²) in [6.45, 7) is 6.50. The van der Waals surface area contributed by atoms with Gasteiger partial charge in [-0.25, -0.2) is 22.4 Å². The fourth-order valence-corrected chi connectivity index (χ4v) is 7.29. The Hall–Kier alpha value is -3.92. The van der Waals surface area contributed by atoms with Crippen LogP contribution in [0.25, 0.3) is 6.08 Å². The molecule has 0 unspecified atom stereocenters. The molecule has 0 atom stereocenters. The van der Waals surface area contributed by atoms with Crippen LogP contribution in [0.2, 0.25) is 0 Å². The third kappa shape index (κ3) is 19.7. The molecular weight excluding hydrogens is 977 g/mol. The van der Waals surface area contributed by atoms with Crippen LogP contribution in [0, 0.1) is 41.2 Å². The number of ether oxygens (including phenoxy) is 4. The van der Waals surface area contributed by atoms with E-state index in [1.807, 2.05) is 0 Å². The van der Waals surface area contributed by atoms with Crippen molar-refractivity contribution in [1.82, 2.24) is 0 Å². The Balaban J connectivity index is 0.000000234. The van der Waals surface area contributed by atoms with Gasteiger partial charge in [-0.05, 0) is 140 Å². The van der Waals surface area contributed by atoms with Gasteiger partial charge in [0.05, 0.1) is 35.4 Å². The molecule has 3 heterocycles. The number of Topliss-reactive ketones (excluding diaryl/α,β-unsaturated/α-hetero) is 1. The third-order valence-corrected chi connectivity index (χ3v) is 10.9. The first-order chi connectivity index (χ1) is 30.3. The van der Waals surface area contributed by atoms with E-state index in [1.165, 1.54) is 48.0 Å². The van der Waals surface area contributed by atoms with Crippen molar-refractivity contribution >= 4 is 46.0 Å². The summed E-state index contributed by atoms with van der Waals surface area (Å²) in [5.41, 5.74) is 4.39. The van der Waals surface area contributed by atoms with Crippen LogP contribution in [-0.2, 0) is 69.3 Å². The molecule has 3 aliphatic heterocycles. The van der Waals surface area contributed by atoms with Crippen LogP contribution in [0.1, 0.15) is 99.6 Å². The first-order valence-electron chi connectivity index (χ1n) is 20.8. The van der Waals surface area contributed by atoms with Crippen molar-refractivity contribution in [3.8, 4) is 0 Å². The van der Waals surface area contributed by atoms with Crippen molar-refractivity contribution in [2.45, 2.75) is 64.7 Å². The Labute approximate surface area is 405 Å². The van der Waals surface area contributed by atoms with E-state index in [-0.39, 0.29) is 62.1 Å². The molecule has 0 aliphatic carbocycles. The average molecular weight is 1030 g/mol. The van der Waals surface area contributed by atoms with E-state index in [9.17, 15) is 36.7 Å². The number of benzene rings is 4. The van der Waals surface area contributed by atoms with E-state index in [2.05, 4.69) is 28.1 Å². The SMILES string of the molecule is CCOC(=O)CC(=O)c1cc(CC2CCOCC2)ccc1F.Fc1[c-]cc(C=C2CCOCC2)cc1.O=C(O)c1cc(CC2CCOCC2)ccc1F.O=Cc1ccc(F)c(Br)c1.[Y]. The van der Waals surface area contributed by atoms with Crippen LogP contribution >= 0.6 is 15.9 Å². The zero-order valence-corrected chi connectivity index (χ0v) is 40.2. The summed E-state index contributed by atoms with van der Waals surface area (Å²) >= 11 is 2.95. The van der Waals surface area contributed by atoms with Crippen LogP contribution < -0.4 is 0 Å². The first-order valence-corrected chi connectivity index (χ1v) is 21.6. The molecule has 3 aliphatic rings. The zero-order valence-electron chi connectivity index (χ0n) is 35.7. The first kappa shape index (κ1) is 54.4. The average Bonchev–Trinajstić information content (AvgIpc) is 3.28. The molecule has 0 saturated carbocycles. The number of carbonyl (C=O) groups is 4. The van der Waals surface area contributed by atoms with Crippen molar-refractivity contribution in [1.29, 1.82) is 0 Å². The topological polar surface area (TPSA) is 125 Å². The second-order valence-corrected chi connectivity index (χ2v) is 15.9. The van der Waals surface area contributed by atoms with Crippen molar-refractivity contribution in [3.05, 3.63) is 146 Å². The molecule has 1 N–H and O–H groups in total. The number of ketones is 1. The number of aldehydes is 1. The van der Waals surface area contributed by atoms with Crippen molar-refractivity contribution in [3.63, 3.8) is 0 Å². The molecule has 3 saturated heterocycles. The fraction of sp³-hybridized carbons (Fsp3) is 0.388. The normalized spacial score (nSPS) is 15.0. The molecule has 0 spiro atoms. The van der Waals surface area contributed by atoms with Gasteiger partial charge in [-0.15, -0.1) is 23.8 Å². The van der Waals surface area contributed by atoms with Gasteiger partial charge in [0.1, 0.15) is 30.2 Å². The number of rotatable bonds is 11. The Morgan fingerprint density at radius 1 is 0.734 bits per heavy atom. The fourth-order valence-electron chi connectivity index (χ4n) is 6.89. The number of carboxylic acids is 1. The van der Waals surface area contributed by atoms with Gasteiger partial charge in [0, 0.05) is 70.5 Å². The summed E-state index contributed by atoms with van der Waals surface area (Å²) < 4.78 is 73.0. The molecule has 341 valence electrons. The van der Waals surface area contributed by atoms with E-state index < -0.39 is 35.8 Å². The number of hydrogen-bond donors (Lipinski definition) is 1. The van der Waals surface area contributed by atoms with Crippen LogP contribution in [-0.4, -0.2) is 75.4 Å². The van der Waals surface area contributed by atoms with Gasteiger partial charge in [-0.2, -0.15) is 12.1 Å². The quantitative estimate of drug-likeness (QED) is 0.0390. The Bertz CT molecular complexity index is 2130. The molecule has 1 radical (unpaired) electrons. The van der Waals surface area contributed by atoms with Gasteiger partial charge < -0.3 is 24.1 Å². The van der Waals surface area contributed by atoms with E-state index in [0.29, 0.717) is 28.2 Å². The maximum absolute atomic E-state index is 13.8. The molecule has 4 aromatic carbocycles. The minimum absolute atomic E-state index is 0. The monoisotopic (exact) mass is 1030 g/mol. The summed E-state index contributed by atoms with van der Waals surface area (Å²) in [5.74, 6) is -3.30. The summed E-state index contributed by atoms with van der Waals surface area (Å²) in [6, 6.07) is 20.4. The molecule has 0 amide bonds. The van der Waals surface area contributed by atoms with E-state index in [0.717, 1.165) is 108 Å². The number of hydrogen-bond acceptors (Lipinski definition) is 8. The van der Waals surface area contributed by atoms with Gasteiger partial charge in [0.25, 0.3) is 0 Å². The van der Waals surface area contributed by atoms with Crippen LogP contribution in [0.5, 0.6) is 0 Å². The summed E-state index contributed by atoms with van der Waals surface area (Å²) in [5, 5.41) is 8.84. The third-order valence-electron chi connectivity index (χ3n) is 10.3. The number of esters is 1. The van der Waals surface area contributed by atoms with Crippen molar-refractivity contribution in [2.24, 2.45) is 11.8 Å². The molecule has 64 heavy (non-hydrogen) atoms. The number of halogens is 5. The largest absolute Gasteiger partial charge is 0.478 e. The van der Waals surface area contributed by atoms with Gasteiger partial charge in [0.2, 0.25) is 0 Å². The van der Waals surface area contributed by atoms with Crippen LogP contribution in [0.3, 0.4) is 0 Å². The second kappa shape index (κ2) is 29.6. The van der Waals surface area contributed by atoms with Gasteiger partial charge >= 0.3 is 11.9 Å². The molecule has 9 nitrogen and oxygen atoms in total. The van der Waals surface area contributed by atoms with Crippen LogP contribution in [0.15, 0.2) is 82.8 Å². The van der Waals surface area contributed by atoms with Gasteiger partial charge in [0.15, 0.2) is 5.78 Å². The predicted molar refractivity (Wildman–Crippen MR) is 233 cm³/mol. The molecule has 0 bridgehead atoms. The summed E-state index contributed by atoms with van der Waals surface area (Å²) in [7, 11) is 0. The maximum Gasteiger partial charge on any atom is 0.338 e. The maximum atomic E-state index is 13.8. The van der Waals surface area contributed by atoms with E-state index in [1.54, 1.807) is 37.3 Å². The Morgan fingerprint density at radius 2 is 1.25 bits per heavy atom. The second-order valence-electron chi connectivity index (χ2n) is 15.0. The number of carbonyl (C=O) groups excluding carboxylic acids is 3. The van der Waals surface area contributed by atoms with Crippen LogP contribution in [0.4, 0.5) is 17.6 Å². The smallest absolute Gasteiger partial charge is 0.338 e. The minimum Gasteiger partial charge on any atom is -0.478 e. The van der Waals surface area contributed by atoms with E-state index >= 15 is 0 Å². The van der Waals surface area contributed by atoms with Gasteiger partial charge in [-0.1, -0.05) is 17.7 Å². The number of carboxylic acid groups (broad SMARTS) is 1. The molecular formula is C49H52BrF4O9Y-. The Morgan fingerprint density at radius 3 is 1.75 bits per heavy atom. The van der Waals surface area contributed by atoms with Crippen molar-refractivity contribution in [2.75, 3.05) is 46.2 Å². The van der Waals surface area contributed by atoms with E-state index in [4.69, 9.17) is 24.1 Å². The molecule has 3 fully saturated rings. The molecule has 0 aromatic heterocycles. The van der Waals surface area contributed by atoms with Crippen molar-refractivity contribution < 1.29 is 93.5 Å². The summed E-state index contributed by atoms with van der Waals surface area (Å²) in [6.07, 6.45) is 9.82. The Kier molecular flexibility index (Phi) is 25.2. The molecule has 7 rings (SSSR count). The predicted octanol–water partition coefficient (Wildman–Crippen LogP) is 10.6. The standard InChI is InChI=1S/C17H21FO4.C13H15FO3.C12H12FO.C7H4BrFO.Y/c1-2-22-17(20)11-16(19)14-10-13(3-4-15(14)18)9-12-5-7-21-8-6-12;14-12-2-1-10(8-11(12)13(15)16)7-9-3-5-17-6-4-9;13-12-3-1-10(2-4-12)9-11-5-7-14-8-6-11;8-6-3-5(4-10)1-2-7(6)9;/h3-4,10,12H,2,5-9,11H2,1H3;1-2,8-9H,3-7H2,(H,15,16);1-3,9H,5-8H2;1-4H;/q;;-1;;.